The van der Waals surface area contributed by atoms with E-state index in [0.717, 1.165) is 17.2 Å². The number of hydrogen-bond donors (Lipinski definition) is 1. The third-order valence-electron chi connectivity index (χ3n) is 4.85. The van der Waals surface area contributed by atoms with Crippen LogP contribution in [0.4, 0.5) is 8.78 Å². The summed E-state index contributed by atoms with van der Waals surface area (Å²) >= 11 is 0. The summed E-state index contributed by atoms with van der Waals surface area (Å²) in [6, 6.07) is 15.9. The lowest BCUT2D eigenvalue weighted by Gasteiger charge is -2.05. The van der Waals surface area contributed by atoms with Crippen LogP contribution in [0.3, 0.4) is 0 Å². The van der Waals surface area contributed by atoms with Gasteiger partial charge in [0.15, 0.2) is 5.82 Å². The Morgan fingerprint density at radius 3 is 2.41 bits per heavy atom. The largest absolute Gasteiger partial charge is 0.281 e. The summed E-state index contributed by atoms with van der Waals surface area (Å²) in [7, 11) is 0. The fourth-order valence-corrected chi connectivity index (χ4v) is 3.31. The first-order valence-electron chi connectivity index (χ1n) is 8.94. The normalized spacial score (nSPS) is 11.4. The minimum atomic E-state index is -0.677. The number of nitrogens with zero attached hydrogens (tertiary/aromatic N) is 3. The lowest BCUT2D eigenvalue weighted by atomic mass is 10.0. The van der Waals surface area contributed by atoms with Crippen molar-refractivity contribution in [3.05, 3.63) is 88.2 Å². The Hall–Kier alpha value is -3.87. The molecule has 5 nitrogen and oxygen atoms in total. The minimum absolute atomic E-state index is 0.217. The number of hydrogen-bond acceptors (Lipinski definition) is 3. The van der Waals surface area contributed by atoms with Crippen LogP contribution in [0.1, 0.15) is 5.56 Å². The maximum Gasteiger partial charge on any atom is 0.281 e. The molecule has 0 spiro atoms. The molecule has 0 atom stereocenters. The van der Waals surface area contributed by atoms with E-state index in [1.165, 1.54) is 16.6 Å². The van der Waals surface area contributed by atoms with E-state index < -0.39 is 11.6 Å². The van der Waals surface area contributed by atoms with Crippen LogP contribution in [0.5, 0.6) is 0 Å². The first-order valence-corrected chi connectivity index (χ1v) is 8.94. The molecule has 0 unspecified atom stereocenters. The van der Waals surface area contributed by atoms with Gasteiger partial charge in [0.25, 0.3) is 11.3 Å². The van der Waals surface area contributed by atoms with Crippen molar-refractivity contribution in [1.29, 1.82) is 0 Å². The fourth-order valence-electron chi connectivity index (χ4n) is 3.31. The number of aromatic nitrogens is 4. The van der Waals surface area contributed by atoms with Gasteiger partial charge in [0.1, 0.15) is 11.6 Å². The highest BCUT2D eigenvalue weighted by Crippen LogP contribution is 2.26. The monoisotopic (exact) mass is 388 g/mol. The summed E-state index contributed by atoms with van der Waals surface area (Å²) in [4.78, 5) is 21.8. The fraction of sp³-hybridized carbons (Fsp3) is 0.0455. The van der Waals surface area contributed by atoms with Gasteiger partial charge in [0.05, 0.1) is 10.9 Å². The van der Waals surface area contributed by atoms with Gasteiger partial charge in [-0.3, -0.25) is 9.89 Å². The molecule has 7 heteroatoms. The SMILES string of the molecule is Cc1ccc(-c2nc3nc4cc(-c5ccc(F)cc5F)ccc4c(=O)n3[nH]2)cc1. The van der Waals surface area contributed by atoms with Gasteiger partial charge in [-0.1, -0.05) is 35.9 Å². The average Bonchev–Trinajstić information content (AvgIpc) is 3.12. The van der Waals surface area contributed by atoms with Crippen molar-refractivity contribution in [3.63, 3.8) is 0 Å². The Morgan fingerprint density at radius 1 is 0.897 bits per heavy atom. The highest BCUT2D eigenvalue weighted by molar-refractivity contribution is 5.85. The highest BCUT2D eigenvalue weighted by Gasteiger charge is 2.13. The zero-order valence-electron chi connectivity index (χ0n) is 15.3. The van der Waals surface area contributed by atoms with Crippen molar-refractivity contribution < 1.29 is 8.78 Å². The molecule has 2 aromatic heterocycles. The molecule has 29 heavy (non-hydrogen) atoms. The molecule has 0 aliphatic heterocycles. The van der Waals surface area contributed by atoms with E-state index in [1.807, 2.05) is 31.2 Å². The van der Waals surface area contributed by atoms with Crippen molar-refractivity contribution in [3.8, 4) is 22.5 Å². The Labute approximate surface area is 163 Å². The van der Waals surface area contributed by atoms with Gasteiger partial charge in [-0.15, -0.1) is 0 Å². The summed E-state index contributed by atoms with van der Waals surface area (Å²) in [5.41, 5.74) is 2.77. The number of aryl methyl sites for hydroxylation is 1. The van der Waals surface area contributed by atoms with Crippen molar-refractivity contribution in [2.75, 3.05) is 0 Å². The molecule has 5 aromatic rings. The van der Waals surface area contributed by atoms with E-state index in [2.05, 4.69) is 15.1 Å². The van der Waals surface area contributed by atoms with Crippen molar-refractivity contribution >= 4 is 16.7 Å². The molecular weight excluding hydrogens is 374 g/mol. The summed E-state index contributed by atoms with van der Waals surface area (Å²) in [5.74, 6) is -0.585. The molecule has 0 saturated heterocycles. The van der Waals surface area contributed by atoms with E-state index in [9.17, 15) is 13.6 Å². The molecule has 1 N–H and O–H groups in total. The van der Waals surface area contributed by atoms with Crippen LogP contribution in [-0.4, -0.2) is 19.6 Å². The molecule has 0 saturated carbocycles. The second-order valence-electron chi connectivity index (χ2n) is 6.85. The number of halogens is 2. The van der Waals surface area contributed by atoms with Crippen LogP contribution < -0.4 is 5.56 Å². The van der Waals surface area contributed by atoms with E-state index in [4.69, 9.17) is 0 Å². The number of rotatable bonds is 2. The number of nitrogens with one attached hydrogen (secondary N) is 1. The first-order chi connectivity index (χ1) is 14.0. The molecule has 0 aliphatic carbocycles. The molecule has 5 rings (SSSR count). The summed E-state index contributed by atoms with van der Waals surface area (Å²) < 4.78 is 28.6. The second-order valence-corrected chi connectivity index (χ2v) is 6.85. The van der Waals surface area contributed by atoms with Crippen molar-refractivity contribution in [2.45, 2.75) is 6.92 Å². The summed E-state index contributed by atoms with van der Waals surface area (Å²) in [6.45, 7) is 1.99. The number of fused-ring (bicyclic) bond motifs is 2. The lowest BCUT2D eigenvalue weighted by Crippen LogP contribution is -2.15. The van der Waals surface area contributed by atoms with E-state index in [0.29, 0.717) is 22.3 Å². The number of aromatic amines is 1. The number of benzene rings is 3. The predicted molar refractivity (Wildman–Crippen MR) is 107 cm³/mol. The molecule has 3 aromatic carbocycles. The molecule has 142 valence electrons. The molecule has 0 radical (unpaired) electrons. The van der Waals surface area contributed by atoms with Crippen molar-refractivity contribution in [2.24, 2.45) is 0 Å². The predicted octanol–water partition coefficient (Wildman–Crippen LogP) is 4.49. The van der Waals surface area contributed by atoms with Gasteiger partial charge in [-0.25, -0.2) is 13.8 Å². The Kier molecular flexibility index (Phi) is 3.77. The zero-order valence-corrected chi connectivity index (χ0v) is 15.3. The quantitative estimate of drug-likeness (QED) is 0.485. The van der Waals surface area contributed by atoms with Crippen LogP contribution in [0, 0.1) is 18.6 Å². The van der Waals surface area contributed by atoms with Gasteiger partial charge in [0.2, 0.25) is 0 Å². The van der Waals surface area contributed by atoms with E-state index >= 15 is 0 Å². The standard InChI is InChI=1S/C22H14F2N4O/c1-12-2-4-13(5-3-12)20-26-22-25-19-10-14(16-9-7-15(23)11-18(16)24)6-8-17(19)21(29)28(22)27-20/h2-11H,1H3,(H,25,26,27). The average molecular weight is 388 g/mol. The zero-order chi connectivity index (χ0) is 20.1. The third-order valence-corrected chi connectivity index (χ3v) is 4.85. The van der Waals surface area contributed by atoms with Gasteiger partial charge >= 0.3 is 0 Å². The van der Waals surface area contributed by atoms with Crippen LogP contribution in [0.25, 0.3) is 39.2 Å². The smallest absolute Gasteiger partial charge is 0.271 e. The van der Waals surface area contributed by atoms with Crippen LogP contribution in [0.15, 0.2) is 65.5 Å². The Bertz CT molecular complexity index is 1450. The minimum Gasteiger partial charge on any atom is -0.271 e. The van der Waals surface area contributed by atoms with Gasteiger partial charge in [0, 0.05) is 17.2 Å². The maximum absolute atomic E-state index is 14.1. The first kappa shape index (κ1) is 17.2. The van der Waals surface area contributed by atoms with E-state index in [1.54, 1.807) is 18.2 Å². The lowest BCUT2D eigenvalue weighted by molar-refractivity contribution is 0.585. The second kappa shape index (κ2) is 6.34. The maximum atomic E-state index is 14.1. The third kappa shape index (κ3) is 2.87. The molecular formula is C22H14F2N4O. The molecule has 0 aliphatic rings. The molecule has 0 fully saturated rings. The van der Waals surface area contributed by atoms with Crippen LogP contribution in [0.2, 0.25) is 0 Å². The van der Waals surface area contributed by atoms with Crippen LogP contribution >= 0.6 is 0 Å². The molecule has 2 heterocycles. The topological polar surface area (TPSA) is 63.1 Å². The molecule has 0 amide bonds. The van der Waals surface area contributed by atoms with Gasteiger partial charge < -0.3 is 0 Å². The van der Waals surface area contributed by atoms with Crippen LogP contribution in [-0.2, 0) is 0 Å². The Balaban J connectivity index is 1.69. The highest BCUT2D eigenvalue weighted by atomic mass is 19.1. The summed E-state index contributed by atoms with van der Waals surface area (Å²) in [6.07, 6.45) is 0. The summed E-state index contributed by atoms with van der Waals surface area (Å²) in [5, 5.41) is 3.35. The van der Waals surface area contributed by atoms with Crippen molar-refractivity contribution in [1.82, 2.24) is 19.6 Å². The Morgan fingerprint density at radius 2 is 1.66 bits per heavy atom. The number of H-pyrrole nitrogens is 1. The van der Waals surface area contributed by atoms with E-state index in [-0.39, 0.29) is 16.9 Å². The van der Waals surface area contributed by atoms with Gasteiger partial charge in [-0.2, -0.15) is 9.50 Å². The molecule has 0 bridgehead atoms. The van der Waals surface area contributed by atoms with Gasteiger partial charge in [-0.05, 0) is 36.8 Å².